The molecule has 0 aliphatic rings. The third-order valence-electron chi connectivity index (χ3n) is 5.26. The Labute approximate surface area is 174 Å². The summed E-state index contributed by atoms with van der Waals surface area (Å²) >= 11 is 0. The fraction of sp³-hybridized carbons (Fsp3) is 0.167. The summed E-state index contributed by atoms with van der Waals surface area (Å²) < 4.78 is 7.19. The lowest BCUT2D eigenvalue weighted by Gasteiger charge is -2.29. The molecule has 152 valence electrons. The minimum absolute atomic E-state index is 0.385. The van der Waals surface area contributed by atoms with Crippen LogP contribution in [-0.2, 0) is 16.9 Å². The highest BCUT2D eigenvalue weighted by Crippen LogP contribution is 2.37. The van der Waals surface area contributed by atoms with Crippen LogP contribution in [0.3, 0.4) is 0 Å². The number of nitrogens with two attached hydrogens (primary N) is 1. The maximum Gasteiger partial charge on any atom is 0.248 e. The average Bonchev–Trinajstić information content (AvgIpc) is 3.16. The molecule has 0 saturated heterocycles. The molecular weight excluding hydrogens is 378 g/mol. The molecule has 1 aromatic heterocycles. The van der Waals surface area contributed by atoms with Crippen LogP contribution in [0.25, 0.3) is 11.0 Å². The maximum absolute atomic E-state index is 12.2. The van der Waals surface area contributed by atoms with Gasteiger partial charge in [0.2, 0.25) is 5.91 Å². The molecule has 0 aliphatic carbocycles. The highest BCUT2D eigenvalue weighted by molar-refractivity contribution is 5.96. The van der Waals surface area contributed by atoms with Gasteiger partial charge < -0.3 is 20.1 Å². The van der Waals surface area contributed by atoms with Crippen LogP contribution in [0.2, 0.25) is 0 Å². The van der Waals surface area contributed by atoms with Gasteiger partial charge in [-0.2, -0.15) is 0 Å². The number of rotatable bonds is 7. The Morgan fingerprint density at radius 1 is 1.03 bits per heavy atom. The normalized spacial score (nSPS) is 11.7. The van der Waals surface area contributed by atoms with Gasteiger partial charge in [0.1, 0.15) is 0 Å². The van der Waals surface area contributed by atoms with E-state index in [1.54, 1.807) is 25.3 Å². The number of hydrogen-bond donors (Lipinski definition) is 2. The van der Waals surface area contributed by atoms with Crippen LogP contribution in [0.15, 0.2) is 78.9 Å². The van der Waals surface area contributed by atoms with E-state index in [2.05, 4.69) is 0 Å². The van der Waals surface area contributed by atoms with Crippen molar-refractivity contribution in [1.29, 1.82) is 0 Å². The molecule has 0 radical (unpaired) electrons. The predicted molar refractivity (Wildman–Crippen MR) is 115 cm³/mol. The van der Waals surface area contributed by atoms with Gasteiger partial charge in [0.15, 0.2) is 11.4 Å². The topological polar surface area (TPSA) is 90.4 Å². The van der Waals surface area contributed by atoms with Crippen LogP contribution < -0.4 is 5.73 Å². The number of benzene rings is 3. The van der Waals surface area contributed by atoms with E-state index >= 15 is 0 Å². The zero-order valence-corrected chi connectivity index (χ0v) is 16.7. The molecule has 0 bridgehead atoms. The maximum atomic E-state index is 12.2. The number of amides is 1. The van der Waals surface area contributed by atoms with Gasteiger partial charge in [0.25, 0.3) is 0 Å². The molecule has 1 heterocycles. The SMILES string of the molecule is COCCn1c(C(O)(c2ccccc2)c2ccccc2)nc2ccc(C(N)=O)cc21. The Morgan fingerprint density at radius 2 is 1.63 bits per heavy atom. The quantitative estimate of drug-likeness (QED) is 0.498. The number of ether oxygens (including phenoxy) is 1. The summed E-state index contributed by atoms with van der Waals surface area (Å²) in [6.07, 6.45) is 0. The van der Waals surface area contributed by atoms with Gasteiger partial charge in [-0.25, -0.2) is 4.98 Å². The number of primary amides is 1. The first kappa shape index (κ1) is 19.8. The van der Waals surface area contributed by atoms with Gasteiger partial charge in [0.05, 0.1) is 17.6 Å². The molecule has 0 atom stereocenters. The van der Waals surface area contributed by atoms with Crippen molar-refractivity contribution in [1.82, 2.24) is 9.55 Å². The molecule has 3 N–H and O–H groups in total. The summed E-state index contributed by atoms with van der Waals surface area (Å²) in [5.41, 5.74) is 7.14. The van der Waals surface area contributed by atoms with Crippen molar-refractivity contribution in [2.75, 3.05) is 13.7 Å². The molecule has 0 unspecified atom stereocenters. The minimum Gasteiger partial charge on any atom is -0.383 e. The first-order valence-corrected chi connectivity index (χ1v) is 9.68. The minimum atomic E-state index is -1.50. The monoisotopic (exact) mass is 401 g/mol. The summed E-state index contributed by atoms with van der Waals surface area (Å²) in [6.45, 7) is 0.867. The largest absolute Gasteiger partial charge is 0.383 e. The fourth-order valence-corrected chi connectivity index (χ4v) is 3.74. The Bertz CT molecular complexity index is 1130. The Balaban J connectivity index is 2.03. The number of fused-ring (bicyclic) bond motifs is 1. The summed E-state index contributed by atoms with van der Waals surface area (Å²) in [5, 5.41) is 12.2. The lowest BCUT2D eigenvalue weighted by Crippen LogP contribution is -2.33. The second kappa shape index (κ2) is 8.10. The highest BCUT2D eigenvalue weighted by atomic mass is 16.5. The van der Waals surface area contributed by atoms with Crippen molar-refractivity contribution in [3.8, 4) is 0 Å². The summed E-state index contributed by atoms with van der Waals surface area (Å²) in [6, 6.07) is 24.0. The van der Waals surface area contributed by atoms with Crippen molar-refractivity contribution in [2.24, 2.45) is 5.73 Å². The van der Waals surface area contributed by atoms with E-state index in [1.807, 2.05) is 65.2 Å². The van der Waals surface area contributed by atoms with E-state index in [-0.39, 0.29) is 0 Å². The van der Waals surface area contributed by atoms with E-state index in [0.29, 0.717) is 46.7 Å². The molecule has 0 fully saturated rings. The molecule has 3 aromatic carbocycles. The first-order chi connectivity index (χ1) is 14.6. The number of carbonyl (C=O) groups excluding carboxylic acids is 1. The van der Waals surface area contributed by atoms with Crippen LogP contribution in [-0.4, -0.2) is 34.3 Å². The van der Waals surface area contributed by atoms with Crippen LogP contribution in [0.1, 0.15) is 27.3 Å². The van der Waals surface area contributed by atoms with Gasteiger partial charge in [-0.1, -0.05) is 60.7 Å². The Kier molecular flexibility index (Phi) is 5.35. The lowest BCUT2D eigenvalue weighted by molar-refractivity contribution is 0.100. The average molecular weight is 401 g/mol. The van der Waals surface area contributed by atoms with E-state index in [1.165, 1.54) is 0 Å². The molecule has 6 nitrogen and oxygen atoms in total. The number of methoxy groups -OCH3 is 1. The summed E-state index contributed by atoms with van der Waals surface area (Å²) in [5.74, 6) is -0.0621. The summed E-state index contributed by atoms with van der Waals surface area (Å²) in [7, 11) is 1.62. The molecule has 0 aliphatic heterocycles. The van der Waals surface area contributed by atoms with Crippen molar-refractivity contribution in [3.05, 3.63) is 101 Å². The molecule has 1 amide bonds. The van der Waals surface area contributed by atoms with E-state index in [9.17, 15) is 9.90 Å². The van der Waals surface area contributed by atoms with Gasteiger partial charge >= 0.3 is 0 Å². The molecule has 4 aromatic rings. The van der Waals surface area contributed by atoms with Crippen LogP contribution in [0.5, 0.6) is 0 Å². The zero-order valence-electron chi connectivity index (χ0n) is 16.7. The Hall–Kier alpha value is -3.48. The smallest absolute Gasteiger partial charge is 0.248 e. The molecule has 30 heavy (non-hydrogen) atoms. The van der Waals surface area contributed by atoms with Crippen molar-refractivity contribution in [2.45, 2.75) is 12.1 Å². The molecule has 4 rings (SSSR count). The number of aliphatic hydroxyl groups is 1. The van der Waals surface area contributed by atoms with E-state index in [4.69, 9.17) is 15.5 Å². The molecule has 0 spiro atoms. The van der Waals surface area contributed by atoms with Crippen LogP contribution >= 0.6 is 0 Å². The number of carbonyl (C=O) groups is 1. The van der Waals surface area contributed by atoms with Gasteiger partial charge in [-0.15, -0.1) is 0 Å². The second-order valence-electron chi connectivity index (χ2n) is 7.09. The first-order valence-electron chi connectivity index (χ1n) is 9.68. The van der Waals surface area contributed by atoms with Crippen molar-refractivity contribution in [3.63, 3.8) is 0 Å². The van der Waals surface area contributed by atoms with Crippen molar-refractivity contribution >= 4 is 16.9 Å². The number of imidazole rings is 1. The van der Waals surface area contributed by atoms with Gasteiger partial charge in [-0.3, -0.25) is 4.79 Å². The number of hydrogen-bond acceptors (Lipinski definition) is 4. The third kappa shape index (κ3) is 3.36. The van der Waals surface area contributed by atoms with Gasteiger partial charge in [0, 0.05) is 19.2 Å². The van der Waals surface area contributed by atoms with Crippen LogP contribution in [0.4, 0.5) is 0 Å². The van der Waals surface area contributed by atoms with E-state index in [0.717, 1.165) is 0 Å². The Morgan fingerprint density at radius 3 is 2.17 bits per heavy atom. The molecule has 6 heteroatoms. The molecular formula is C24H23N3O3. The van der Waals surface area contributed by atoms with Crippen LogP contribution in [0, 0.1) is 0 Å². The highest BCUT2D eigenvalue weighted by Gasteiger charge is 2.39. The van der Waals surface area contributed by atoms with E-state index < -0.39 is 11.5 Å². The fourth-order valence-electron chi connectivity index (χ4n) is 3.74. The molecule has 0 saturated carbocycles. The number of aromatic nitrogens is 2. The second-order valence-corrected chi connectivity index (χ2v) is 7.09. The van der Waals surface area contributed by atoms with Gasteiger partial charge in [-0.05, 0) is 29.3 Å². The predicted octanol–water partition coefficient (Wildman–Crippen LogP) is 3.07. The zero-order chi connectivity index (χ0) is 21.1. The standard InChI is InChI=1S/C24H23N3O3/c1-30-15-14-27-21-16-17(22(25)28)12-13-20(21)26-23(27)24(29,18-8-4-2-5-9-18)19-10-6-3-7-11-19/h2-13,16,29H,14-15H2,1H3,(H2,25,28). The third-order valence-corrected chi connectivity index (χ3v) is 5.26. The summed E-state index contributed by atoms with van der Waals surface area (Å²) in [4.78, 5) is 16.5. The lowest BCUT2D eigenvalue weighted by atomic mass is 9.85. The van der Waals surface area contributed by atoms with Crippen molar-refractivity contribution < 1.29 is 14.6 Å². The number of nitrogens with zero attached hydrogens (tertiary/aromatic N) is 2.